The van der Waals surface area contributed by atoms with E-state index >= 15 is 0 Å². The van der Waals surface area contributed by atoms with Gasteiger partial charge >= 0.3 is 0 Å². The third-order valence-electron chi connectivity index (χ3n) is 2.98. The number of pyridine rings is 1. The predicted octanol–water partition coefficient (Wildman–Crippen LogP) is 3.35. The number of rotatable bonds is 4. The van der Waals surface area contributed by atoms with Gasteiger partial charge in [-0.1, -0.05) is 0 Å². The molecule has 0 aliphatic carbocycles. The largest absolute Gasteiger partial charge is 0.467 e. The second-order valence-corrected chi connectivity index (χ2v) is 4.22. The van der Waals surface area contributed by atoms with Crippen LogP contribution in [0.5, 0.6) is 0 Å². The van der Waals surface area contributed by atoms with E-state index in [1.165, 1.54) is 6.07 Å². The van der Waals surface area contributed by atoms with Gasteiger partial charge in [0, 0.05) is 12.3 Å². The van der Waals surface area contributed by atoms with Crippen LogP contribution in [-0.2, 0) is 6.54 Å². The molecule has 0 radical (unpaired) electrons. The fourth-order valence-electron chi connectivity index (χ4n) is 2.05. The number of benzene rings is 1. The van der Waals surface area contributed by atoms with E-state index in [-0.39, 0.29) is 5.69 Å². The van der Waals surface area contributed by atoms with Crippen molar-refractivity contribution in [1.29, 1.82) is 0 Å². The van der Waals surface area contributed by atoms with Gasteiger partial charge in [0.25, 0.3) is 5.69 Å². The summed E-state index contributed by atoms with van der Waals surface area (Å²) in [7, 11) is 0. The molecule has 0 bridgehead atoms. The molecule has 2 heterocycles. The summed E-state index contributed by atoms with van der Waals surface area (Å²) in [5.41, 5.74) is 1.37. The number of hydrogen-bond donors (Lipinski definition) is 1. The Morgan fingerprint density at radius 1 is 1.25 bits per heavy atom. The fraction of sp³-hybridized carbons (Fsp3) is 0.0714. The number of hydrogen-bond acceptors (Lipinski definition) is 5. The third-order valence-corrected chi connectivity index (χ3v) is 2.98. The van der Waals surface area contributed by atoms with Gasteiger partial charge in [-0.05, 0) is 30.3 Å². The molecule has 1 N–H and O–H groups in total. The monoisotopic (exact) mass is 269 g/mol. The number of fused-ring (bicyclic) bond motifs is 1. The van der Waals surface area contributed by atoms with Crippen molar-refractivity contribution in [3.05, 3.63) is 64.7 Å². The quantitative estimate of drug-likeness (QED) is 0.580. The van der Waals surface area contributed by atoms with Crippen LogP contribution in [-0.4, -0.2) is 9.91 Å². The smallest absolute Gasteiger partial charge is 0.278 e. The number of non-ortho nitro benzene ring substituents is 1. The van der Waals surface area contributed by atoms with Crippen LogP contribution in [0.1, 0.15) is 5.76 Å². The molecule has 20 heavy (non-hydrogen) atoms. The van der Waals surface area contributed by atoms with Crippen molar-refractivity contribution in [2.45, 2.75) is 6.54 Å². The second kappa shape index (κ2) is 5.00. The molecule has 0 unspecified atom stereocenters. The van der Waals surface area contributed by atoms with Gasteiger partial charge in [0.2, 0.25) is 0 Å². The Morgan fingerprint density at radius 3 is 2.90 bits per heavy atom. The summed E-state index contributed by atoms with van der Waals surface area (Å²) in [5, 5.41) is 14.7. The minimum absolute atomic E-state index is 0.0525. The van der Waals surface area contributed by atoms with E-state index in [1.807, 2.05) is 12.1 Å². The number of nitrogens with zero attached hydrogens (tertiary/aromatic N) is 2. The van der Waals surface area contributed by atoms with Crippen molar-refractivity contribution in [1.82, 2.24) is 4.98 Å². The summed E-state index contributed by atoms with van der Waals surface area (Å²) in [5.74, 6) is 0.785. The van der Waals surface area contributed by atoms with Crippen molar-refractivity contribution >= 4 is 22.3 Å². The molecule has 2 aromatic heterocycles. The Morgan fingerprint density at radius 2 is 2.15 bits per heavy atom. The Hall–Kier alpha value is -2.89. The van der Waals surface area contributed by atoms with Gasteiger partial charge in [0.15, 0.2) is 0 Å². The Balaban J connectivity index is 1.99. The van der Waals surface area contributed by atoms with Crippen LogP contribution in [0.3, 0.4) is 0 Å². The van der Waals surface area contributed by atoms with Crippen LogP contribution in [0, 0.1) is 10.1 Å². The van der Waals surface area contributed by atoms with E-state index in [1.54, 1.807) is 30.7 Å². The molecule has 0 spiro atoms. The van der Waals surface area contributed by atoms with Crippen molar-refractivity contribution in [2.24, 2.45) is 0 Å². The molecule has 0 aliphatic heterocycles. The lowest BCUT2D eigenvalue weighted by atomic mass is 10.1. The topological polar surface area (TPSA) is 81.2 Å². The average Bonchev–Trinajstić information content (AvgIpc) is 2.97. The van der Waals surface area contributed by atoms with Crippen LogP contribution in [0.15, 0.2) is 53.3 Å². The number of aromatic nitrogens is 1. The molecular formula is C14H11N3O3. The first kappa shape index (κ1) is 12.2. The molecule has 100 valence electrons. The highest BCUT2D eigenvalue weighted by molar-refractivity contribution is 5.96. The third kappa shape index (κ3) is 2.18. The molecule has 6 nitrogen and oxygen atoms in total. The van der Waals surface area contributed by atoms with Gasteiger partial charge in [0.05, 0.1) is 28.8 Å². The number of nitrogens with one attached hydrogen (secondary N) is 1. The van der Waals surface area contributed by atoms with Gasteiger partial charge in [-0.3, -0.25) is 15.1 Å². The Kier molecular flexibility index (Phi) is 3.04. The second-order valence-electron chi connectivity index (χ2n) is 4.22. The summed E-state index contributed by atoms with van der Waals surface area (Å²) in [6.45, 7) is 0.497. The lowest BCUT2D eigenvalue weighted by molar-refractivity contribution is -0.383. The van der Waals surface area contributed by atoms with Crippen molar-refractivity contribution in [2.75, 3.05) is 5.32 Å². The molecule has 0 atom stereocenters. The van der Waals surface area contributed by atoms with E-state index in [0.29, 0.717) is 17.4 Å². The van der Waals surface area contributed by atoms with Crippen LogP contribution < -0.4 is 5.32 Å². The summed E-state index contributed by atoms with van der Waals surface area (Å²) in [6, 6.07) is 10.2. The van der Waals surface area contributed by atoms with Gasteiger partial charge in [0.1, 0.15) is 11.3 Å². The molecule has 0 aliphatic rings. The van der Waals surface area contributed by atoms with E-state index < -0.39 is 4.92 Å². The Bertz CT molecular complexity index is 753. The van der Waals surface area contributed by atoms with Gasteiger partial charge in [-0.25, -0.2) is 0 Å². The number of nitro groups is 1. The molecule has 3 aromatic rings. The highest BCUT2D eigenvalue weighted by Crippen LogP contribution is 2.29. The summed E-state index contributed by atoms with van der Waals surface area (Å²) >= 11 is 0. The molecule has 3 rings (SSSR count). The molecule has 1 aromatic carbocycles. The SMILES string of the molecule is O=[N+]([O-])c1ccc(NCc2ccco2)c2ncccc12. The van der Waals surface area contributed by atoms with Crippen molar-refractivity contribution in [3.8, 4) is 0 Å². The van der Waals surface area contributed by atoms with Crippen LogP contribution >= 0.6 is 0 Å². The summed E-state index contributed by atoms with van der Waals surface area (Å²) < 4.78 is 5.24. The maximum atomic E-state index is 11.0. The minimum Gasteiger partial charge on any atom is -0.467 e. The van der Waals surface area contributed by atoms with Crippen molar-refractivity contribution in [3.63, 3.8) is 0 Å². The minimum atomic E-state index is -0.402. The Labute approximate surface area is 114 Å². The standard InChI is InChI=1S/C14H11N3O3/c18-17(19)13-6-5-12(14-11(13)4-1-7-15-14)16-9-10-3-2-8-20-10/h1-8,16H,9H2. The van der Waals surface area contributed by atoms with Crippen LogP contribution in [0.2, 0.25) is 0 Å². The zero-order valence-electron chi connectivity index (χ0n) is 10.4. The zero-order valence-corrected chi connectivity index (χ0v) is 10.4. The van der Waals surface area contributed by atoms with E-state index in [9.17, 15) is 10.1 Å². The maximum absolute atomic E-state index is 11.0. The highest BCUT2D eigenvalue weighted by Gasteiger charge is 2.14. The number of nitro benzene ring substituents is 1. The number of anilines is 1. The van der Waals surface area contributed by atoms with Crippen molar-refractivity contribution < 1.29 is 9.34 Å². The average molecular weight is 269 g/mol. The van der Waals surface area contributed by atoms with Gasteiger partial charge < -0.3 is 9.73 Å². The molecule has 6 heteroatoms. The van der Waals surface area contributed by atoms with Gasteiger partial charge in [-0.2, -0.15) is 0 Å². The molecule has 0 fully saturated rings. The molecule has 0 amide bonds. The highest BCUT2D eigenvalue weighted by atomic mass is 16.6. The first-order chi connectivity index (χ1) is 9.75. The van der Waals surface area contributed by atoms with E-state index in [2.05, 4.69) is 10.3 Å². The first-order valence-corrected chi connectivity index (χ1v) is 6.04. The summed E-state index contributed by atoms with van der Waals surface area (Å²) in [6.07, 6.45) is 3.22. The predicted molar refractivity (Wildman–Crippen MR) is 74.4 cm³/mol. The van der Waals surface area contributed by atoms with E-state index in [0.717, 1.165) is 11.4 Å². The molecule has 0 saturated heterocycles. The number of furan rings is 1. The van der Waals surface area contributed by atoms with E-state index in [4.69, 9.17) is 4.42 Å². The lowest BCUT2D eigenvalue weighted by Crippen LogP contribution is -2.00. The van der Waals surface area contributed by atoms with Crippen LogP contribution in [0.4, 0.5) is 11.4 Å². The van der Waals surface area contributed by atoms with Gasteiger partial charge in [-0.15, -0.1) is 0 Å². The van der Waals surface area contributed by atoms with Crippen LogP contribution in [0.25, 0.3) is 10.9 Å². The fourth-order valence-corrected chi connectivity index (χ4v) is 2.05. The molecular weight excluding hydrogens is 258 g/mol. The lowest BCUT2D eigenvalue weighted by Gasteiger charge is -2.08. The first-order valence-electron chi connectivity index (χ1n) is 6.04. The normalized spacial score (nSPS) is 10.6. The molecule has 0 saturated carbocycles. The summed E-state index contributed by atoms with van der Waals surface area (Å²) in [4.78, 5) is 14.8. The maximum Gasteiger partial charge on any atom is 0.278 e. The zero-order chi connectivity index (χ0) is 13.9.